The average Bonchev–Trinajstić information content (AvgIpc) is 3.35. The van der Waals surface area contributed by atoms with Crippen molar-refractivity contribution in [3.05, 3.63) is 60.8 Å². The van der Waals surface area contributed by atoms with Crippen molar-refractivity contribution in [1.82, 2.24) is 29.6 Å². The van der Waals surface area contributed by atoms with E-state index >= 15 is 0 Å². The smallest absolute Gasteiger partial charge is 0.257 e. The standard InChI is InChI=1S/C23H24N8O/c1-29-5-7-31(8-6-29)22-11-16(3-4-24-22)23(32)28-21-10-17-9-18(12-25-20(17)14-26-21)19-13-27-30(2)15-19/h3-4,9-15H,5-8H2,1-2H3,(H,26,28,32)/i2D3. The molecule has 5 rings (SSSR count). The van der Waals surface area contributed by atoms with E-state index in [4.69, 9.17) is 4.11 Å². The summed E-state index contributed by atoms with van der Waals surface area (Å²) in [7, 11) is 2.09. The molecule has 0 saturated carbocycles. The fraction of sp³-hybridized carbons (Fsp3) is 0.261. The van der Waals surface area contributed by atoms with Gasteiger partial charge < -0.3 is 15.1 Å². The van der Waals surface area contributed by atoms with Crippen LogP contribution in [0.5, 0.6) is 0 Å². The van der Waals surface area contributed by atoms with Gasteiger partial charge in [-0.2, -0.15) is 5.10 Å². The highest BCUT2D eigenvalue weighted by Crippen LogP contribution is 2.23. The van der Waals surface area contributed by atoms with E-state index in [-0.39, 0.29) is 5.91 Å². The third-order valence-electron chi connectivity index (χ3n) is 5.56. The van der Waals surface area contributed by atoms with E-state index in [0.29, 0.717) is 28.0 Å². The Hall–Kier alpha value is -3.85. The van der Waals surface area contributed by atoms with Crippen molar-refractivity contribution in [2.24, 2.45) is 6.98 Å². The molecule has 0 radical (unpaired) electrons. The Bertz CT molecular complexity index is 1380. The second kappa shape index (κ2) is 8.35. The number of piperazine rings is 1. The predicted octanol–water partition coefficient (Wildman–Crippen LogP) is 2.43. The van der Waals surface area contributed by atoms with Gasteiger partial charge in [-0.3, -0.25) is 14.5 Å². The van der Waals surface area contributed by atoms with E-state index in [1.54, 1.807) is 36.8 Å². The lowest BCUT2D eigenvalue weighted by Crippen LogP contribution is -2.44. The minimum Gasteiger partial charge on any atom is -0.354 e. The van der Waals surface area contributed by atoms with Crippen LogP contribution in [0, 0.1) is 0 Å². The molecular weight excluding hydrogens is 404 g/mol. The summed E-state index contributed by atoms with van der Waals surface area (Å²) in [6.45, 7) is 1.28. The first-order chi connectivity index (χ1) is 16.8. The van der Waals surface area contributed by atoms with Gasteiger partial charge in [0.05, 0.1) is 17.9 Å². The molecule has 0 bridgehead atoms. The minimum absolute atomic E-state index is 0.280. The summed E-state index contributed by atoms with van der Waals surface area (Å²) < 4.78 is 23.4. The summed E-state index contributed by atoms with van der Waals surface area (Å²) in [6, 6.07) is 7.07. The van der Waals surface area contributed by atoms with Crippen molar-refractivity contribution >= 4 is 28.4 Å². The molecule has 0 unspecified atom stereocenters. The van der Waals surface area contributed by atoms with Crippen molar-refractivity contribution in [2.45, 2.75) is 0 Å². The number of pyridine rings is 3. The molecule has 1 N–H and O–H groups in total. The van der Waals surface area contributed by atoms with Crippen molar-refractivity contribution < 1.29 is 8.91 Å². The van der Waals surface area contributed by atoms with Gasteiger partial charge in [-0.15, -0.1) is 0 Å². The van der Waals surface area contributed by atoms with Crippen LogP contribution in [-0.4, -0.2) is 68.8 Å². The number of hydrogen-bond acceptors (Lipinski definition) is 7. The number of anilines is 2. The first kappa shape index (κ1) is 16.8. The topological polar surface area (TPSA) is 92.1 Å². The summed E-state index contributed by atoms with van der Waals surface area (Å²) in [4.78, 5) is 30.5. The number of rotatable bonds is 4. The quantitative estimate of drug-likeness (QED) is 0.531. The van der Waals surface area contributed by atoms with Crippen LogP contribution in [0.2, 0.25) is 0 Å². The van der Waals surface area contributed by atoms with E-state index < -0.39 is 6.98 Å². The van der Waals surface area contributed by atoms with Gasteiger partial charge in [-0.05, 0) is 31.3 Å². The number of amides is 1. The van der Waals surface area contributed by atoms with Gasteiger partial charge in [0.25, 0.3) is 5.91 Å². The Labute approximate surface area is 189 Å². The normalized spacial score (nSPS) is 16.4. The van der Waals surface area contributed by atoms with Gasteiger partial charge in [0.15, 0.2) is 0 Å². The Kier molecular flexibility index (Phi) is 4.38. The molecule has 1 fully saturated rings. The van der Waals surface area contributed by atoms with Crippen LogP contribution in [0.15, 0.2) is 55.2 Å². The van der Waals surface area contributed by atoms with Gasteiger partial charge in [-0.1, -0.05) is 0 Å². The van der Waals surface area contributed by atoms with E-state index in [0.717, 1.165) is 42.1 Å². The monoisotopic (exact) mass is 431 g/mol. The largest absolute Gasteiger partial charge is 0.354 e. The molecule has 0 atom stereocenters. The fourth-order valence-corrected chi connectivity index (χ4v) is 3.69. The summed E-state index contributed by atoms with van der Waals surface area (Å²) in [5, 5.41) is 7.52. The Morgan fingerprint density at radius 2 is 1.91 bits per heavy atom. The first-order valence-electron chi connectivity index (χ1n) is 11.8. The molecule has 5 heterocycles. The lowest BCUT2D eigenvalue weighted by molar-refractivity contribution is 0.102. The van der Waals surface area contributed by atoms with E-state index in [9.17, 15) is 4.79 Å². The second-order valence-electron chi connectivity index (χ2n) is 7.81. The van der Waals surface area contributed by atoms with Crippen molar-refractivity contribution in [1.29, 1.82) is 0 Å². The number of nitrogens with one attached hydrogen (secondary N) is 1. The van der Waals surface area contributed by atoms with Crippen LogP contribution in [0.1, 0.15) is 14.5 Å². The number of hydrogen-bond donors (Lipinski definition) is 1. The zero-order valence-electron chi connectivity index (χ0n) is 20.6. The second-order valence-corrected chi connectivity index (χ2v) is 7.81. The molecule has 0 aromatic carbocycles. The zero-order chi connectivity index (χ0) is 24.6. The maximum atomic E-state index is 12.9. The highest BCUT2D eigenvalue weighted by molar-refractivity contribution is 6.04. The first-order valence-corrected chi connectivity index (χ1v) is 10.3. The number of carbonyl (C=O) groups is 1. The molecule has 1 saturated heterocycles. The van der Waals surface area contributed by atoms with Gasteiger partial charge in [0.2, 0.25) is 0 Å². The molecule has 162 valence electrons. The molecule has 9 nitrogen and oxygen atoms in total. The number of nitrogens with zero attached hydrogens (tertiary/aromatic N) is 7. The number of carbonyl (C=O) groups excluding carboxylic acids is 1. The molecule has 1 amide bonds. The molecule has 1 aliphatic heterocycles. The number of fused-ring (bicyclic) bond motifs is 1. The minimum atomic E-state index is -2.35. The van der Waals surface area contributed by atoms with E-state index in [1.165, 1.54) is 12.4 Å². The van der Waals surface area contributed by atoms with Crippen molar-refractivity contribution in [2.75, 3.05) is 43.4 Å². The zero-order valence-corrected chi connectivity index (χ0v) is 17.6. The van der Waals surface area contributed by atoms with Crippen LogP contribution < -0.4 is 10.2 Å². The number of likely N-dealkylation sites (N-methyl/N-ethyl adjacent to an activating group) is 1. The van der Waals surface area contributed by atoms with Crippen LogP contribution >= 0.6 is 0 Å². The Balaban J connectivity index is 1.35. The van der Waals surface area contributed by atoms with Gasteiger partial charge in [-0.25, -0.2) is 9.97 Å². The van der Waals surface area contributed by atoms with Gasteiger partial charge in [0.1, 0.15) is 11.6 Å². The van der Waals surface area contributed by atoms with Gasteiger partial charge >= 0.3 is 0 Å². The van der Waals surface area contributed by atoms with Crippen LogP contribution in [0.25, 0.3) is 22.0 Å². The molecule has 4 aromatic heterocycles. The third kappa shape index (κ3) is 4.15. The highest BCUT2D eigenvalue weighted by atomic mass is 16.1. The maximum Gasteiger partial charge on any atom is 0.257 e. The molecule has 0 aliphatic carbocycles. The predicted molar refractivity (Wildman–Crippen MR) is 124 cm³/mol. The summed E-state index contributed by atoms with van der Waals surface area (Å²) in [5.41, 5.74) is 2.49. The highest BCUT2D eigenvalue weighted by Gasteiger charge is 2.17. The van der Waals surface area contributed by atoms with E-state index in [1.807, 2.05) is 6.07 Å². The maximum absolute atomic E-state index is 12.9. The molecule has 9 heteroatoms. The van der Waals surface area contributed by atoms with Gasteiger partial charge in [0, 0.05) is 77.9 Å². The van der Waals surface area contributed by atoms with Crippen LogP contribution in [0.4, 0.5) is 11.6 Å². The van der Waals surface area contributed by atoms with Crippen LogP contribution in [0.3, 0.4) is 0 Å². The Morgan fingerprint density at radius 3 is 2.72 bits per heavy atom. The average molecular weight is 432 g/mol. The lowest BCUT2D eigenvalue weighted by Gasteiger charge is -2.33. The van der Waals surface area contributed by atoms with Crippen molar-refractivity contribution in [3.8, 4) is 11.1 Å². The third-order valence-corrected chi connectivity index (χ3v) is 5.56. The molecule has 4 aromatic rings. The molecule has 32 heavy (non-hydrogen) atoms. The summed E-state index contributed by atoms with van der Waals surface area (Å²) >= 11 is 0. The van der Waals surface area contributed by atoms with Crippen molar-refractivity contribution in [3.63, 3.8) is 0 Å². The Morgan fingerprint density at radius 1 is 1.03 bits per heavy atom. The SMILES string of the molecule is [2H]C([2H])([2H])n1cc(-c2cnc3cnc(NC(=O)c4ccnc(N5CCN(C)CC5)c4)cc3c2)cn1. The molecule has 1 aliphatic rings. The number of aryl methyl sites for hydroxylation is 1. The molecular formula is C23H24N8O. The summed E-state index contributed by atoms with van der Waals surface area (Å²) in [5.74, 6) is 0.888. The summed E-state index contributed by atoms with van der Waals surface area (Å²) in [6.07, 6.45) is 7.82. The number of aromatic nitrogens is 5. The van der Waals surface area contributed by atoms with E-state index in [2.05, 4.69) is 42.2 Å². The molecule has 0 spiro atoms. The van der Waals surface area contributed by atoms with Crippen LogP contribution in [-0.2, 0) is 6.98 Å². The lowest BCUT2D eigenvalue weighted by atomic mass is 10.1. The fourth-order valence-electron chi connectivity index (χ4n) is 3.69.